The Kier molecular flexibility index (Phi) is 4.77. The Labute approximate surface area is 99.1 Å². The molecular formula is C11H20Br2. The molecule has 4 atom stereocenters. The zero-order valence-corrected chi connectivity index (χ0v) is 11.9. The molecule has 0 N–H and O–H groups in total. The normalized spacial score (nSPS) is 46.4. The molecule has 1 aliphatic rings. The summed E-state index contributed by atoms with van der Waals surface area (Å²) in [7, 11) is 0. The molecule has 1 saturated carbocycles. The SMILES string of the molecule is CC1CC(C)C(CBr)C(C)C1CBr. The first kappa shape index (κ1) is 12.0. The smallest absolute Gasteiger partial charge is 0.00648 e. The molecule has 0 aromatic carbocycles. The lowest BCUT2D eigenvalue weighted by Crippen LogP contribution is -2.38. The monoisotopic (exact) mass is 310 g/mol. The Morgan fingerprint density at radius 3 is 1.62 bits per heavy atom. The van der Waals surface area contributed by atoms with Gasteiger partial charge in [0.25, 0.3) is 0 Å². The van der Waals surface area contributed by atoms with Gasteiger partial charge in [0.05, 0.1) is 0 Å². The second-order valence-electron chi connectivity index (χ2n) is 4.69. The van der Waals surface area contributed by atoms with E-state index in [2.05, 4.69) is 52.6 Å². The van der Waals surface area contributed by atoms with Crippen molar-refractivity contribution in [1.29, 1.82) is 0 Å². The average molecular weight is 312 g/mol. The number of hydrogen-bond donors (Lipinski definition) is 0. The van der Waals surface area contributed by atoms with Crippen LogP contribution < -0.4 is 0 Å². The van der Waals surface area contributed by atoms with Crippen molar-refractivity contribution in [1.82, 2.24) is 0 Å². The molecule has 1 fully saturated rings. The Bertz CT molecular complexity index is 142. The van der Waals surface area contributed by atoms with E-state index in [9.17, 15) is 0 Å². The van der Waals surface area contributed by atoms with Gasteiger partial charge in [0.2, 0.25) is 0 Å². The van der Waals surface area contributed by atoms with Crippen LogP contribution in [0.2, 0.25) is 0 Å². The van der Waals surface area contributed by atoms with Gasteiger partial charge in [-0.15, -0.1) is 0 Å². The van der Waals surface area contributed by atoms with E-state index in [1.54, 1.807) is 0 Å². The van der Waals surface area contributed by atoms with Crippen molar-refractivity contribution in [3.8, 4) is 0 Å². The summed E-state index contributed by atoms with van der Waals surface area (Å²) in [5, 5.41) is 2.34. The summed E-state index contributed by atoms with van der Waals surface area (Å²) in [6.45, 7) is 7.23. The van der Waals surface area contributed by atoms with Crippen LogP contribution in [-0.4, -0.2) is 10.7 Å². The summed E-state index contributed by atoms with van der Waals surface area (Å²) in [6, 6.07) is 0. The number of rotatable bonds is 2. The van der Waals surface area contributed by atoms with Gasteiger partial charge in [-0.05, 0) is 36.0 Å². The maximum Gasteiger partial charge on any atom is 0.00648 e. The molecule has 2 heteroatoms. The van der Waals surface area contributed by atoms with Crippen LogP contribution in [0.5, 0.6) is 0 Å². The maximum absolute atomic E-state index is 3.65. The second-order valence-corrected chi connectivity index (χ2v) is 5.98. The van der Waals surface area contributed by atoms with Crippen LogP contribution >= 0.6 is 31.9 Å². The first-order valence-electron chi connectivity index (χ1n) is 5.23. The highest BCUT2D eigenvalue weighted by atomic mass is 79.9. The molecule has 0 heterocycles. The third-order valence-corrected chi connectivity index (χ3v) is 5.41. The second kappa shape index (κ2) is 5.16. The summed E-state index contributed by atoms with van der Waals surface area (Å²) < 4.78 is 0. The average Bonchev–Trinajstić information content (AvgIpc) is 2.04. The lowest BCUT2D eigenvalue weighted by Gasteiger charge is -2.43. The van der Waals surface area contributed by atoms with Crippen LogP contribution in [0, 0.1) is 29.6 Å². The summed E-state index contributed by atoms with van der Waals surface area (Å²) >= 11 is 7.31. The van der Waals surface area contributed by atoms with E-state index in [0.717, 1.165) is 29.6 Å². The molecule has 78 valence electrons. The zero-order chi connectivity index (χ0) is 10.0. The van der Waals surface area contributed by atoms with Gasteiger partial charge in [0.1, 0.15) is 0 Å². The van der Waals surface area contributed by atoms with Gasteiger partial charge in [-0.25, -0.2) is 0 Å². The molecular weight excluding hydrogens is 292 g/mol. The van der Waals surface area contributed by atoms with E-state index in [0.29, 0.717) is 0 Å². The summed E-state index contributed by atoms with van der Waals surface area (Å²) in [4.78, 5) is 0. The molecule has 0 spiro atoms. The fourth-order valence-electron chi connectivity index (χ4n) is 2.88. The number of halogens is 2. The standard InChI is InChI=1S/C11H20Br2/c1-7-4-8(2)11(6-13)9(3)10(7)5-12/h7-11H,4-6H2,1-3H3. The summed E-state index contributed by atoms with van der Waals surface area (Å²) in [5.41, 5.74) is 0. The topological polar surface area (TPSA) is 0 Å². The van der Waals surface area contributed by atoms with Crippen LogP contribution in [0.1, 0.15) is 27.2 Å². The van der Waals surface area contributed by atoms with Gasteiger partial charge in [-0.3, -0.25) is 0 Å². The molecule has 1 rings (SSSR count). The van der Waals surface area contributed by atoms with Crippen molar-refractivity contribution in [2.24, 2.45) is 29.6 Å². The molecule has 0 radical (unpaired) electrons. The Morgan fingerprint density at radius 2 is 1.31 bits per heavy atom. The van der Waals surface area contributed by atoms with Crippen LogP contribution in [0.25, 0.3) is 0 Å². The van der Waals surface area contributed by atoms with Crippen molar-refractivity contribution < 1.29 is 0 Å². The number of alkyl halides is 2. The summed E-state index contributed by atoms with van der Waals surface area (Å²) in [5.74, 6) is 4.38. The van der Waals surface area contributed by atoms with E-state index in [4.69, 9.17) is 0 Å². The third kappa shape index (κ3) is 2.50. The highest BCUT2D eigenvalue weighted by Crippen LogP contribution is 2.43. The first-order chi connectivity index (χ1) is 6.11. The predicted octanol–water partition coefficient (Wildman–Crippen LogP) is 4.32. The van der Waals surface area contributed by atoms with E-state index in [-0.39, 0.29) is 0 Å². The fourth-order valence-corrected chi connectivity index (χ4v) is 5.33. The zero-order valence-electron chi connectivity index (χ0n) is 8.76. The van der Waals surface area contributed by atoms with Crippen molar-refractivity contribution in [3.05, 3.63) is 0 Å². The van der Waals surface area contributed by atoms with Gasteiger partial charge >= 0.3 is 0 Å². The molecule has 0 saturated heterocycles. The predicted molar refractivity (Wildman–Crippen MR) is 66.7 cm³/mol. The highest BCUT2D eigenvalue weighted by Gasteiger charge is 2.37. The first-order valence-corrected chi connectivity index (χ1v) is 7.48. The van der Waals surface area contributed by atoms with E-state index >= 15 is 0 Å². The lowest BCUT2D eigenvalue weighted by atomic mass is 9.65. The van der Waals surface area contributed by atoms with Crippen LogP contribution in [0.15, 0.2) is 0 Å². The molecule has 0 aromatic rings. The molecule has 0 aromatic heterocycles. The highest BCUT2D eigenvalue weighted by molar-refractivity contribution is 9.09. The quantitative estimate of drug-likeness (QED) is 0.666. The largest absolute Gasteiger partial charge is 0.0925 e. The maximum atomic E-state index is 3.65. The molecule has 0 bridgehead atoms. The van der Waals surface area contributed by atoms with Gasteiger partial charge in [0, 0.05) is 10.7 Å². The molecule has 0 aliphatic heterocycles. The van der Waals surface area contributed by atoms with E-state index < -0.39 is 0 Å². The van der Waals surface area contributed by atoms with Crippen molar-refractivity contribution in [3.63, 3.8) is 0 Å². The van der Waals surface area contributed by atoms with E-state index in [1.165, 1.54) is 17.1 Å². The van der Waals surface area contributed by atoms with Crippen LogP contribution in [0.4, 0.5) is 0 Å². The van der Waals surface area contributed by atoms with Gasteiger partial charge in [0.15, 0.2) is 0 Å². The van der Waals surface area contributed by atoms with Gasteiger partial charge < -0.3 is 0 Å². The molecule has 4 unspecified atom stereocenters. The molecule has 1 aliphatic carbocycles. The minimum atomic E-state index is 0.859. The Balaban J connectivity index is 2.69. The van der Waals surface area contributed by atoms with Crippen molar-refractivity contribution >= 4 is 31.9 Å². The minimum absolute atomic E-state index is 0.859. The van der Waals surface area contributed by atoms with Gasteiger partial charge in [-0.2, -0.15) is 0 Å². The third-order valence-electron chi connectivity index (χ3n) is 3.91. The fraction of sp³-hybridized carbons (Fsp3) is 1.00. The lowest BCUT2D eigenvalue weighted by molar-refractivity contribution is 0.0929. The van der Waals surface area contributed by atoms with Crippen LogP contribution in [-0.2, 0) is 0 Å². The molecule has 13 heavy (non-hydrogen) atoms. The van der Waals surface area contributed by atoms with Crippen molar-refractivity contribution in [2.75, 3.05) is 10.7 Å². The molecule has 0 amide bonds. The van der Waals surface area contributed by atoms with Crippen LogP contribution in [0.3, 0.4) is 0 Å². The number of hydrogen-bond acceptors (Lipinski definition) is 0. The Morgan fingerprint density at radius 1 is 0.923 bits per heavy atom. The van der Waals surface area contributed by atoms with Gasteiger partial charge in [-0.1, -0.05) is 52.6 Å². The summed E-state index contributed by atoms with van der Waals surface area (Å²) in [6.07, 6.45) is 1.40. The minimum Gasteiger partial charge on any atom is -0.0925 e. The Hall–Kier alpha value is 0.960. The van der Waals surface area contributed by atoms with E-state index in [1.807, 2.05) is 0 Å². The van der Waals surface area contributed by atoms with Crippen molar-refractivity contribution in [2.45, 2.75) is 27.2 Å². The molecule has 0 nitrogen and oxygen atoms in total.